The molecule has 0 aliphatic rings. The van der Waals surface area contributed by atoms with Crippen LogP contribution in [0.1, 0.15) is 114 Å². The Hall–Kier alpha value is -1.65. The summed E-state index contributed by atoms with van der Waals surface area (Å²) in [6.45, 7) is 2.08. The fourth-order valence-corrected chi connectivity index (χ4v) is 3.72. The molecule has 0 spiro atoms. The number of carbonyl (C=O) groups excluding carboxylic acids is 1. The molecule has 4 heteroatoms. The van der Waals surface area contributed by atoms with Crippen molar-refractivity contribution in [2.45, 2.75) is 115 Å². The van der Waals surface area contributed by atoms with Gasteiger partial charge >= 0.3 is 5.97 Å². The van der Waals surface area contributed by atoms with Gasteiger partial charge < -0.3 is 14.9 Å². The lowest BCUT2D eigenvalue weighted by Crippen LogP contribution is -2.31. The van der Waals surface area contributed by atoms with Crippen LogP contribution in [0.2, 0.25) is 0 Å². The molecule has 0 amide bonds. The minimum absolute atomic E-state index is 0.179. The topological polar surface area (TPSA) is 66.8 Å². The first kappa shape index (κ1) is 28.4. The molecule has 4 nitrogen and oxygen atoms in total. The van der Waals surface area contributed by atoms with Gasteiger partial charge in [-0.15, -0.1) is 0 Å². The van der Waals surface area contributed by atoms with Crippen LogP contribution in [0.25, 0.3) is 0 Å². The summed E-state index contributed by atoms with van der Waals surface area (Å²) in [6, 6.07) is 8.67. The molecule has 1 aromatic rings. The third-order valence-electron chi connectivity index (χ3n) is 5.85. The van der Waals surface area contributed by atoms with Gasteiger partial charge in [-0.3, -0.25) is 0 Å². The number of hydrogen-bond acceptors (Lipinski definition) is 4. The highest BCUT2D eigenvalue weighted by Gasteiger charge is 2.18. The maximum absolute atomic E-state index is 11.9. The maximum atomic E-state index is 11.9. The first-order chi connectivity index (χ1) is 15.6. The van der Waals surface area contributed by atoms with Gasteiger partial charge in [-0.1, -0.05) is 101 Å². The maximum Gasteiger partial charge on any atom is 0.338 e. The molecule has 0 aromatic heterocycles. The normalized spacial score (nSPS) is 13.3. The molecule has 0 aliphatic heterocycles. The summed E-state index contributed by atoms with van der Waals surface area (Å²) in [4.78, 5) is 11.9. The summed E-state index contributed by atoms with van der Waals surface area (Å²) in [5.41, 5.74) is 0.447. The van der Waals surface area contributed by atoms with Crippen molar-refractivity contribution in [3.05, 3.63) is 48.0 Å². The number of benzene rings is 1. The number of aliphatic hydroxyl groups is 2. The average molecular weight is 447 g/mol. The Morgan fingerprint density at radius 2 is 1.31 bits per heavy atom. The lowest BCUT2D eigenvalue weighted by atomic mass is 10.0. The van der Waals surface area contributed by atoms with E-state index in [1.54, 1.807) is 24.3 Å². The van der Waals surface area contributed by atoms with Crippen LogP contribution in [-0.4, -0.2) is 35.0 Å². The predicted molar refractivity (Wildman–Crippen MR) is 133 cm³/mol. The van der Waals surface area contributed by atoms with Crippen LogP contribution in [0.3, 0.4) is 0 Å². The van der Waals surface area contributed by atoms with Crippen molar-refractivity contribution < 1.29 is 19.7 Å². The molecule has 0 aliphatic carbocycles. The minimum Gasteiger partial charge on any atom is -0.459 e. The van der Waals surface area contributed by atoms with Crippen LogP contribution in [0.15, 0.2) is 42.5 Å². The number of allylic oxidation sites excluding steroid dienone is 2. The summed E-state index contributed by atoms with van der Waals surface area (Å²) < 4.78 is 5.09. The Morgan fingerprint density at radius 1 is 0.781 bits per heavy atom. The van der Waals surface area contributed by atoms with Crippen molar-refractivity contribution in [1.82, 2.24) is 0 Å². The Labute approximate surface area is 196 Å². The predicted octanol–water partition coefficient (Wildman–Crippen LogP) is 6.99. The van der Waals surface area contributed by atoms with Gasteiger partial charge in [0.05, 0.1) is 11.7 Å². The van der Waals surface area contributed by atoms with Crippen LogP contribution >= 0.6 is 0 Å². The number of hydrogen-bond donors (Lipinski definition) is 2. The molecule has 32 heavy (non-hydrogen) atoms. The SMILES string of the molecule is CCCCCCCCC=CCCCCCCCCC(O)C(O)COC(=O)c1ccccc1. The zero-order valence-electron chi connectivity index (χ0n) is 20.2. The van der Waals surface area contributed by atoms with Crippen molar-refractivity contribution in [3.63, 3.8) is 0 Å². The van der Waals surface area contributed by atoms with Gasteiger partial charge in [-0.25, -0.2) is 4.79 Å². The molecule has 182 valence electrons. The van der Waals surface area contributed by atoms with Crippen molar-refractivity contribution >= 4 is 5.97 Å². The van der Waals surface area contributed by atoms with E-state index in [2.05, 4.69) is 19.1 Å². The summed E-state index contributed by atoms with van der Waals surface area (Å²) in [5.74, 6) is -0.478. The van der Waals surface area contributed by atoms with Crippen LogP contribution < -0.4 is 0 Å². The minimum atomic E-state index is -1.04. The van der Waals surface area contributed by atoms with E-state index in [-0.39, 0.29) is 6.61 Å². The molecule has 0 bridgehead atoms. The smallest absolute Gasteiger partial charge is 0.338 e. The van der Waals surface area contributed by atoms with Crippen LogP contribution in [0.4, 0.5) is 0 Å². The Morgan fingerprint density at radius 3 is 1.91 bits per heavy atom. The summed E-state index contributed by atoms with van der Waals surface area (Å²) in [7, 11) is 0. The third kappa shape index (κ3) is 15.2. The van der Waals surface area contributed by atoms with Gasteiger partial charge in [-0.05, 0) is 44.2 Å². The van der Waals surface area contributed by atoms with Gasteiger partial charge in [0.2, 0.25) is 0 Å². The standard InChI is InChI=1S/C28H46O4/c1-2-3-4-5-6-7-8-9-10-11-12-13-14-15-16-20-23-26(29)27(30)24-32-28(31)25-21-18-17-19-22-25/h9-10,17-19,21-22,26-27,29-30H,2-8,11-16,20,23-24H2,1H3. The molecule has 0 fully saturated rings. The highest BCUT2D eigenvalue weighted by atomic mass is 16.5. The highest BCUT2D eigenvalue weighted by Crippen LogP contribution is 2.13. The number of ether oxygens (including phenoxy) is 1. The monoisotopic (exact) mass is 446 g/mol. The van der Waals surface area contributed by atoms with E-state index in [1.165, 1.54) is 70.6 Å². The van der Waals surface area contributed by atoms with Crippen molar-refractivity contribution in [2.24, 2.45) is 0 Å². The Kier molecular flexibility index (Phi) is 17.7. The quantitative estimate of drug-likeness (QED) is 0.129. The van der Waals surface area contributed by atoms with E-state index in [1.807, 2.05) is 6.07 Å². The van der Waals surface area contributed by atoms with E-state index in [9.17, 15) is 15.0 Å². The second-order valence-electron chi connectivity index (χ2n) is 8.83. The molecule has 0 saturated heterocycles. The van der Waals surface area contributed by atoms with Crippen molar-refractivity contribution in [1.29, 1.82) is 0 Å². The Balaban J connectivity index is 1.90. The van der Waals surface area contributed by atoms with E-state index in [0.717, 1.165) is 19.3 Å². The van der Waals surface area contributed by atoms with Crippen molar-refractivity contribution in [3.8, 4) is 0 Å². The lowest BCUT2D eigenvalue weighted by Gasteiger charge is -2.17. The number of unbranched alkanes of at least 4 members (excludes halogenated alkanes) is 12. The molecule has 2 atom stereocenters. The van der Waals surface area contributed by atoms with E-state index in [4.69, 9.17) is 4.74 Å². The summed E-state index contributed by atoms with van der Waals surface area (Å²) in [6.07, 6.45) is 20.7. The molecule has 2 unspecified atom stereocenters. The molecule has 1 rings (SSSR count). The molecular weight excluding hydrogens is 400 g/mol. The number of rotatable bonds is 20. The molecule has 1 aromatic carbocycles. The number of esters is 1. The largest absolute Gasteiger partial charge is 0.459 e. The molecule has 0 heterocycles. The molecule has 2 N–H and O–H groups in total. The number of aliphatic hydroxyl groups excluding tert-OH is 2. The van der Waals surface area contributed by atoms with E-state index in [0.29, 0.717) is 12.0 Å². The zero-order valence-corrected chi connectivity index (χ0v) is 20.2. The lowest BCUT2D eigenvalue weighted by molar-refractivity contribution is -0.0307. The second-order valence-corrected chi connectivity index (χ2v) is 8.83. The molecular formula is C28H46O4. The number of carbonyl (C=O) groups is 1. The second kappa shape index (κ2) is 20.0. The first-order valence-corrected chi connectivity index (χ1v) is 12.9. The van der Waals surface area contributed by atoms with E-state index >= 15 is 0 Å². The van der Waals surface area contributed by atoms with Crippen LogP contribution in [-0.2, 0) is 4.74 Å². The Bertz CT molecular complexity index is 584. The van der Waals surface area contributed by atoms with Crippen LogP contribution in [0, 0.1) is 0 Å². The van der Waals surface area contributed by atoms with E-state index < -0.39 is 18.2 Å². The van der Waals surface area contributed by atoms with Gasteiger partial charge in [0, 0.05) is 0 Å². The van der Waals surface area contributed by atoms with Crippen molar-refractivity contribution in [2.75, 3.05) is 6.61 Å². The fourth-order valence-electron chi connectivity index (χ4n) is 3.72. The van der Waals surface area contributed by atoms with Gasteiger partial charge in [-0.2, -0.15) is 0 Å². The van der Waals surface area contributed by atoms with Crippen LogP contribution in [0.5, 0.6) is 0 Å². The van der Waals surface area contributed by atoms with Gasteiger partial charge in [0.25, 0.3) is 0 Å². The average Bonchev–Trinajstić information content (AvgIpc) is 2.82. The molecule has 0 radical (unpaired) electrons. The van der Waals surface area contributed by atoms with Gasteiger partial charge in [0.15, 0.2) is 0 Å². The fraction of sp³-hybridized carbons (Fsp3) is 0.679. The highest BCUT2D eigenvalue weighted by molar-refractivity contribution is 5.89. The summed E-state index contributed by atoms with van der Waals surface area (Å²) >= 11 is 0. The zero-order chi connectivity index (χ0) is 23.3. The summed E-state index contributed by atoms with van der Waals surface area (Å²) in [5, 5.41) is 20.1. The van der Waals surface area contributed by atoms with Gasteiger partial charge in [0.1, 0.15) is 12.7 Å². The third-order valence-corrected chi connectivity index (χ3v) is 5.85. The first-order valence-electron chi connectivity index (χ1n) is 12.9. The molecule has 0 saturated carbocycles.